The molecule has 1 aromatic heterocycles. The van der Waals surface area contributed by atoms with E-state index in [0.717, 1.165) is 19.4 Å². The Kier molecular flexibility index (Phi) is 3.56. The van der Waals surface area contributed by atoms with Crippen LogP contribution in [0.3, 0.4) is 0 Å². The smallest absolute Gasteiger partial charge is 0.249 e. The van der Waals surface area contributed by atoms with Crippen LogP contribution in [0.25, 0.3) is 0 Å². The van der Waals surface area contributed by atoms with Gasteiger partial charge in [0, 0.05) is 13.0 Å². The van der Waals surface area contributed by atoms with Crippen LogP contribution in [-0.4, -0.2) is 27.5 Å². The van der Waals surface area contributed by atoms with E-state index in [9.17, 15) is 4.79 Å². The van der Waals surface area contributed by atoms with Crippen LogP contribution in [0.4, 0.5) is 0 Å². The molecule has 1 aromatic rings. The minimum atomic E-state index is -0.0338. The molecule has 0 radical (unpaired) electrons. The number of hydrogen-bond acceptors (Lipinski definition) is 4. The molecule has 0 N–H and O–H groups in total. The van der Waals surface area contributed by atoms with E-state index in [1.54, 1.807) is 13.0 Å². The van der Waals surface area contributed by atoms with E-state index in [1.807, 2.05) is 4.90 Å². The van der Waals surface area contributed by atoms with E-state index in [-0.39, 0.29) is 11.9 Å². The Hall–Kier alpha value is -1.65. The number of aromatic nitrogens is 2. The standard InChI is InChI=1S/C12H17N3O2/c1-3-4-7-11(16)15-8-5-6-10(15)12-13-9(2)14-17-12/h3,10H,1,4-8H2,2H3. The summed E-state index contributed by atoms with van der Waals surface area (Å²) in [4.78, 5) is 18.0. The molecule has 1 aliphatic heterocycles. The van der Waals surface area contributed by atoms with E-state index in [2.05, 4.69) is 16.7 Å². The Morgan fingerprint density at radius 3 is 3.18 bits per heavy atom. The first-order chi connectivity index (χ1) is 8.22. The van der Waals surface area contributed by atoms with Gasteiger partial charge in [-0.3, -0.25) is 4.79 Å². The summed E-state index contributed by atoms with van der Waals surface area (Å²) in [6.45, 7) is 6.19. The SMILES string of the molecule is C=CCCC(=O)N1CCCC1c1nc(C)no1. The Bertz CT molecular complexity index is 414. The fraction of sp³-hybridized carbons (Fsp3) is 0.583. The minimum absolute atomic E-state index is 0.0338. The zero-order valence-electron chi connectivity index (χ0n) is 10.1. The topological polar surface area (TPSA) is 59.2 Å². The lowest BCUT2D eigenvalue weighted by molar-refractivity contribution is -0.132. The highest BCUT2D eigenvalue weighted by molar-refractivity contribution is 5.77. The number of hydrogen-bond donors (Lipinski definition) is 0. The van der Waals surface area contributed by atoms with Crippen LogP contribution in [0.15, 0.2) is 17.2 Å². The first-order valence-electron chi connectivity index (χ1n) is 5.93. The fourth-order valence-electron chi connectivity index (χ4n) is 2.14. The lowest BCUT2D eigenvalue weighted by atomic mass is 10.2. The lowest BCUT2D eigenvalue weighted by Gasteiger charge is -2.21. The van der Waals surface area contributed by atoms with Gasteiger partial charge in [0.15, 0.2) is 5.82 Å². The highest BCUT2D eigenvalue weighted by atomic mass is 16.5. The maximum atomic E-state index is 12.0. The van der Waals surface area contributed by atoms with Crippen LogP contribution >= 0.6 is 0 Å². The Balaban J connectivity index is 2.06. The lowest BCUT2D eigenvalue weighted by Crippen LogP contribution is -2.30. The molecule has 2 heterocycles. The van der Waals surface area contributed by atoms with Crippen LogP contribution in [0, 0.1) is 6.92 Å². The average Bonchev–Trinajstić information content (AvgIpc) is 2.93. The van der Waals surface area contributed by atoms with Crippen molar-refractivity contribution in [2.24, 2.45) is 0 Å². The van der Waals surface area contributed by atoms with Gasteiger partial charge in [-0.2, -0.15) is 4.98 Å². The highest BCUT2D eigenvalue weighted by Crippen LogP contribution is 2.31. The molecule has 0 aromatic carbocycles. The Morgan fingerprint density at radius 2 is 2.53 bits per heavy atom. The molecule has 0 saturated carbocycles. The van der Waals surface area contributed by atoms with E-state index >= 15 is 0 Å². The van der Waals surface area contributed by atoms with Crippen molar-refractivity contribution in [2.45, 2.75) is 38.6 Å². The average molecular weight is 235 g/mol. The number of allylic oxidation sites excluding steroid dienone is 1. The molecule has 5 heteroatoms. The molecule has 0 spiro atoms. The molecular weight excluding hydrogens is 218 g/mol. The number of amides is 1. The third-order valence-corrected chi connectivity index (χ3v) is 2.96. The first kappa shape index (κ1) is 11.8. The molecule has 1 fully saturated rings. The molecule has 1 amide bonds. The zero-order chi connectivity index (χ0) is 12.3. The van der Waals surface area contributed by atoms with Gasteiger partial charge in [-0.15, -0.1) is 6.58 Å². The van der Waals surface area contributed by atoms with Crippen LogP contribution in [0.2, 0.25) is 0 Å². The molecule has 1 saturated heterocycles. The van der Waals surface area contributed by atoms with Crippen molar-refractivity contribution < 1.29 is 9.32 Å². The van der Waals surface area contributed by atoms with E-state index in [0.29, 0.717) is 24.6 Å². The molecule has 17 heavy (non-hydrogen) atoms. The summed E-state index contributed by atoms with van der Waals surface area (Å²) < 4.78 is 5.16. The van der Waals surface area contributed by atoms with Gasteiger partial charge in [0.2, 0.25) is 11.8 Å². The van der Waals surface area contributed by atoms with Crippen molar-refractivity contribution in [3.63, 3.8) is 0 Å². The van der Waals surface area contributed by atoms with E-state index in [1.165, 1.54) is 0 Å². The predicted molar refractivity (Wildman–Crippen MR) is 62.2 cm³/mol. The van der Waals surface area contributed by atoms with E-state index < -0.39 is 0 Å². The third-order valence-electron chi connectivity index (χ3n) is 2.96. The van der Waals surface area contributed by atoms with Crippen LogP contribution < -0.4 is 0 Å². The molecule has 92 valence electrons. The van der Waals surface area contributed by atoms with E-state index in [4.69, 9.17) is 4.52 Å². The summed E-state index contributed by atoms with van der Waals surface area (Å²) in [6, 6.07) is -0.0338. The second kappa shape index (κ2) is 5.12. The number of nitrogens with zero attached hydrogens (tertiary/aromatic N) is 3. The van der Waals surface area contributed by atoms with Crippen molar-refractivity contribution in [3.8, 4) is 0 Å². The molecule has 0 bridgehead atoms. The van der Waals surface area contributed by atoms with Crippen LogP contribution in [0.5, 0.6) is 0 Å². The van der Waals surface area contributed by atoms with Crippen LogP contribution in [-0.2, 0) is 4.79 Å². The second-order valence-corrected chi connectivity index (χ2v) is 4.25. The van der Waals surface area contributed by atoms with Crippen LogP contribution in [0.1, 0.15) is 43.4 Å². The molecule has 2 rings (SSSR count). The maximum absolute atomic E-state index is 12.0. The molecular formula is C12H17N3O2. The van der Waals surface area contributed by atoms with Gasteiger partial charge >= 0.3 is 0 Å². The molecule has 1 unspecified atom stereocenters. The predicted octanol–water partition coefficient (Wildman–Crippen LogP) is 2.01. The number of aryl methyl sites for hydroxylation is 1. The van der Waals surface area contributed by atoms with Gasteiger partial charge in [0.05, 0.1) is 0 Å². The highest BCUT2D eigenvalue weighted by Gasteiger charge is 2.33. The molecule has 1 atom stereocenters. The summed E-state index contributed by atoms with van der Waals surface area (Å²) in [5.74, 6) is 1.32. The van der Waals surface area contributed by atoms with Gasteiger partial charge in [0.25, 0.3) is 0 Å². The normalized spacial score (nSPS) is 19.6. The van der Waals surface area contributed by atoms with Crippen molar-refractivity contribution in [2.75, 3.05) is 6.54 Å². The van der Waals surface area contributed by atoms with Gasteiger partial charge < -0.3 is 9.42 Å². The van der Waals surface area contributed by atoms with Crippen molar-refractivity contribution in [1.29, 1.82) is 0 Å². The Labute approximate surface area is 100 Å². The van der Waals surface area contributed by atoms with Crippen molar-refractivity contribution in [3.05, 3.63) is 24.4 Å². The van der Waals surface area contributed by atoms with Gasteiger partial charge in [-0.25, -0.2) is 0 Å². The molecule has 5 nitrogen and oxygen atoms in total. The summed E-state index contributed by atoms with van der Waals surface area (Å²) in [7, 11) is 0. The summed E-state index contributed by atoms with van der Waals surface area (Å²) >= 11 is 0. The summed E-state index contributed by atoms with van der Waals surface area (Å²) in [5.41, 5.74) is 0. The minimum Gasteiger partial charge on any atom is -0.337 e. The first-order valence-corrected chi connectivity index (χ1v) is 5.93. The summed E-state index contributed by atoms with van der Waals surface area (Å²) in [6.07, 6.45) is 4.88. The number of carbonyl (C=O) groups excluding carboxylic acids is 1. The molecule has 0 aliphatic carbocycles. The monoisotopic (exact) mass is 235 g/mol. The second-order valence-electron chi connectivity index (χ2n) is 4.25. The molecule has 1 aliphatic rings. The maximum Gasteiger partial charge on any atom is 0.249 e. The van der Waals surface area contributed by atoms with Gasteiger partial charge in [-0.05, 0) is 26.2 Å². The number of likely N-dealkylation sites (tertiary alicyclic amines) is 1. The van der Waals surface area contributed by atoms with Gasteiger partial charge in [0.1, 0.15) is 6.04 Å². The number of rotatable bonds is 4. The largest absolute Gasteiger partial charge is 0.337 e. The summed E-state index contributed by atoms with van der Waals surface area (Å²) in [5, 5.41) is 3.78. The Morgan fingerprint density at radius 1 is 1.71 bits per heavy atom. The van der Waals surface area contributed by atoms with Gasteiger partial charge in [-0.1, -0.05) is 11.2 Å². The van der Waals surface area contributed by atoms with Crippen molar-refractivity contribution >= 4 is 5.91 Å². The van der Waals surface area contributed by atoms with Crippen molar-refractivity contribution in [1.82, 2.24) is 15.0 Å². The fourth-order valence-corrected chi connectivity index (χ4v) is 2.14. The quantitative estimate of drug-likeness (QED) is 0.749. The number of carbonyl (C=O) groups is 1. The zero-order valence-corrected chi connectivity index (χ0v) is 10.1. The third kappa shape index (κ3) is 2.54.